The summed E-state index contributed by atoms with van der Waals surface area (Å²) in [5, 5.41) is 0. The van der Waals surface area contributed by atoms with Crippen molar-refractivity contribution in [3.05, 3.63) is 52.1 Å². The van der Waals surface area contributed by atoms with Gasteiger partial charge in [-0.05, 0) is 190 Å². The summed E-state index contributed by atoms with van der Waals surface area (Å²) < 4.78 is 70.6. The molecule has 0 unspecified atom stereocenters. The molecule has 11 rings (SSSR count). The second kappa shape index (κ2) is 9.82. The van der Waals surface area contributed by atoms with Gasteiger partial charge in [-0.25, -0.2) is 0 Å². The predicted octanol–water partition coefficient (Wildman–Crippen LogP) is 7.82. The number of hydrogen-bond donors (Lipinski definition) is 1. The van der Waals surface area contributed by atoms with Crippen molar-refractivity contribution >= 4 is 20.2 Å². The Balaban J connectivity index is 1.19. The van der Waals surface area contributed by atoms with E-state index in [1.54, 1.807) is 6.92 Å². The SMILES string of the molecule is Cc1cc(S(=O)(=O)O)c2c(c1OS(=O)(=O)c1cc(C34CC5CC(CC(C5)C3)C4)ccc1C13CC4CC(CC(C4)C1)C3)CCCC2. The van der Waals surface area contributed by atoms with Gasteiger partial charge in [0.2, 0.25) is 0 Å². The Hall–Kier alpha value is -1.90. The zero-order chi connectivity index (χ0) is 30.9. The molecule has 1 N–H and O–H groups in total. The summed E-state index contributed by atoms with van der Waals surface area (Å²) in [6.07, 6.45) is 17.2. The maximum absolute atomic E-state index is 14.8. The standard InChI is InChI=1S/C37H46O6S2/c1-22-8-33(44(38,39)40)30-4-2-3-5-31(30)35(22)43-45(41,42)34-15-29(36-16-23-9-24(17-36)11-25(10-23)18-36)6-7-32(34)37-19-26-12-27(20-37)14-28(13-26)21-37/h6-8,15,23-28H,2-5,9-14,16-21H2,1H3,(H,38,39,40). The smallest absolute Gasteiger partial charge is 0.339 e. The minimum Gasteiger partial charge on any atom is -0.378 e. The molecule has 0 spiro atoms. The second-order valence-corrected chi connectivity index (χ2v) is 19.7. The minimum absolute atomic E-state index is 0.0607. The number of fused-ring (bicyclic) bond motifs is 1. The van der Waals surface area contributed by atoms with Crippen LogP contribution in [0.4, 0.5) is 0 Å². The minimum atomic E-state index is -4.45. The molecule has 6 nitrogen and oxygen atoms in total. The van der Waals surface area contributed by atoms with E-state index < -0.39 is 20.2 Å². The Kier molecular flexibility index (Phi) is 6.38. The van der Waals surface area contributed by atoms with E-state index in [2.05, 4.69) is 12.1 Å². The van der Waals surface area contributed by atoms with Crippen LogP contribution in [0.1, 0.15) is 118 Å². The zero-order valence-electron chi connectivity index (χ0n) is 26.4. The molecule has 0 aromatic heterocycles. The molecule has 0 atom stereocenters. The van der Waals surface area contributed by atoms with Crippen LogP contribution in [0.2, 0.25) is 0 Å². The number of benzene rings is 2. The first-order chi connectivity index (χ1) is 21.4. The van der Waals surface area contributed by atoms with Gasteiger partial charge in [0.15, 0.2) is 0 Å². The van der Waals surface area contributed by atoms with Gasteiger partial charge in [0, 0.05) is 5.56 Å². The molecule has 8 heteroatoms. The Morgan fingerprint density at radius 3 is 1.67 bits per heavy atom. The van der Waals surface area contributed by atoms with Gasteiger partial charge in [0.1, 0.15) is 10.6 Å². The highest BCUT2D eigenvalue weighted by molar-refractivity contribution is 7.87. The third-order valence-electron chi connectivity index (χ3n) is 13.7. The molecule has 9 aliphatic rings. The fourth-order valence-corrected chi connectivity index (χ4v) is 15.1. The van der Waals surface area contributed by atoms with Gasteiger partial charge < -0.3 is 4.18 Å². The van der Waals surface area contributed by atoms with Gasteiger partial charge in [0.05, 0.1) is 4.90 Å². The topological polar surface area (TPSA) is 97.7 Å². The molecule has 8 saturated carbocycles. The third-order valence-corrected chi connectivity index (χ3v) is 15.9. The monoisotopic (exact) mass is 650 g/mol. The van der Waals surface area contributed by atoms with Crippen molar-refractivity contribution in [3.8, 4) is 5.75 Å². The Bertz CT molecular complexity index is 1740. The number of rotatable bonds is 6. The summed E-state index contributed by atoms with van der Waals surface area (Å²) in [6.45, 7) is 1.69. The van der Waals surface area contributed by atoms with Crippen molar-refractivity contribution in [2.75, 3.05) is 0 Å². The van der Waals surface area contributed by atoms with Crippen LogP contribution in [0.25, 0.3) is 0 Å². The second-order valence-electron chi connectivity index (χ2n) is 16.8. The molecule has 9 aliphatic carbocycles. The first kappa shape index (κ1) is 29.3. The maximum Gasteiger partial charge on any atom is 0.339 e. The Morgan fingerprint density at radius 2 is 1.16 bits per heavy atom. The molecular weight excluding hydrogens is 605 g/mol. The fourth-order valence-electron chi connectivity index (χ4n) is 12.9. The molecule has 242 valence electrons. The summed E-state index contributed by atoms with van der Waals surface area (Å²) in [7, 11) is -8.69. The summed E-state index contributed by atoms with van der Waals surface area (Å²) in [5.41, 5.74) is 3.65. The molecule has 0 saturated heterocycles. The molecule has 8 bridgehead atoms. The van der Waals surface area contributed by atoms with Crippen molar-refractivity contribution in [1.29, 1.82) is 0 Å². The van der Waals surface area contributed by atoms with E-state index in [9.17, 15) is 21.4 Å². The number of aryl methyl sites for hydroxylation is 1. The first-order valence-electron chi connectivity index (χ1n) is 17.6. The molecule has 0 heterocycles. The summed E-state index contributed by atoms with van der Waals surface area (Å²) in [5.74, 6) is 4.56. The van der Waals surface area contributed by atoms with Crippen LogP contribution < -0.4 is 4.18 Å². The van der Waals surface area contributed by atoms with E-state index in [1.165, 1.54) is 69.4 Å². The van der Waals surface area contributed by atoms with Crippen molar-refractivity contribution in [2.24, 2.45) is 35.5 Å². The molecule has 0 aliphatic heterocycles. The fraction of sp³-hybridized carbons (Fsp3) is 0.676. The van der Waals surface area contributed by atoms with Crippen molar-refractivity contribution in [2.45, 2.75) is 130 Å². The van der Waals surface area contributed by atoms with E-state index in [-0.39, 0.29) is 21.5 Å². The molecule has 2 aromatic carbocycles. The van der Waals surface area contributed by atoms with Crippen LogP contribution in [0.15, 0.2) is 34.1 Å². The lowest BCUT2D eigenvalue weighted by Gasteiger charge is -2.58. The van der Waals surface area contributed by atoms with Gasteiger partial charge >= 0.3 is 10.1 Å². The van der Waals surface area contributed by atoms with E-state index in [0.29, 0.717) is 52.2 Å². The molecular formula is C37H46O6S2. The molecule has 0 amide bonds. The highest BCUT2D eigenvalue weighted by Gasteiger charge is 2.55. The van der Waals surface area contributed by atoms with Crippen LogP contribution in [-0.4, -0.2) is 21.4 Å². The molecule has 8 fully saturated rings. The van der Waals surface area contributed by atoms with Crippen LogP contribution in [-0.2, 0) is 43.9 Å². The lowest BCUT2D eigenvalue weighted by molar-refractivity contribution is -0.00808. The normalized spacial score (nSPS) is 38.0. The quantitative estimate of drug-likeness (QED) is 0.253. The van der Waals surface area contributed by atoms with Crippen LogP contribution in [0.5, 0.6) is 5.75 Å². The van der Waals surface area contributed by atoms with Gasteiger partial charge in [-0.3, -0.25) is 4.55 Å². The summed E-state index contributed by atoms with van der Waals surface area (Å²) >= 11 is 0. The molecule has 0 radical (unpaired) electrons. The van der Waals surface area contributed by atoms with Gasteiger partial charge in [-0.15, -0.1) is 0 Å². The first-order valence-corrected chi connectivity index (χ1v) is 20.5. The Labute approximate surface area is 268 Å². The summed E-state index contributed by atoms with van der Waals surface area (Å²) in [6, 6.07) is 7.97. The van der Waals surface area contributed by atoms with Crippen LogP contribution >= 0.6 is 0 Å². The Morgan fingerprint density at radius 1 is 0.667 bits per heavy atom. The summed E-state index contributed by atoms with van der Waals surface area (Å²) in [4.78, 5) is 0.248. The highest BCUT2D eigenvalue weighted by atomic mass is 32.2. The van der Waals surface area contributed by atoms with Gasteiger partial charge in [-0.1, -0.05) is 12.1 Å². The zero-order valence-corrected chi connectivity index (χ0v) is 28.0. The van der Waals surface area contributed by atoms with E-state index in [1.807, 2.05) is 6.07 Å². The van der Waals surface area contributed by atoms with Gasteiger partial charge in [0.25, 0.3) is 10.1 Å². The molecule has 2 aromatic rings. The van der Waals surface area contributed by atoms with Crippen LogP contribution in [0, 0.1) is 42.4 Å². The number of hydrogen-bond acceptors (Lipinski definition) is 5. The third kappa shape index (κ3) is 4.62. The lowest BCUT2D eigenvalue weighted by atomic mass is 9.47. The van der Waals surface area contributed by atoms with E-state index >= 15 is 0 Å². The van der Waals surface area contributed by atoms with Crippen LogP contribution in [0.3, 0.4) is 0 Å². The van der Waals surface area contributed by atoms with Crippen molar-refractivity contribution in [3.63, 3.8) is 0 Å². The molecule has 45 heavy (non-hydrogen) atoms. The largest absolute Gasteiger partial charge is 0.378 e. The average molecular weight is 651 g/mol. The highest BCUT2D eigenvalue weighted by Crippen LogP contribution is 2.63. The predicted molar refractivity (Wildman–Crippen MR) is 172 cm³/mol. The van der Waals surface area contributed by atoms with E-state index in [4.69, 9.17) is 4.18 Å². The van der Waals surface area contributed by atoms with E-state index in [0.717, 1.165) is 55.4 Å². The lowest BCUT2D eigenvalue weighted by Crippen LogP contribution is -2.50. The average Bonchev–Trinajstić information content (AvgIpc) is 2.96. The van der Waals surface area contributed by atoms with Crippen molar-refractivity contribution < 1.29 is 25.6 Å². The van der Waals surface area contributed by atoms with Gasteiger partial charge in [-0.2, -0.15) is 16.8 Å². The van der Waals surface area contributed by atoms with Crippen molar-refractivity contribution in [1.82, 2.24) is 0 Å². The maximum atomic E-state index is 14.8.